The number of hydrogen-bond acceptors (Lipinski definition) is 1. The van der Waals surface area contributed by atoms with Gasteiger partial charge < -0.3 is 5.32 Å². The number of aryl methyl sites for hydroxylation is 2. The maximum Gasteiger partial charge on any atom is 0.255 e. The maximum absolute atomic E-state index is 13.4. The van der Waals surface area contributed by atoms with Crippen LogP contribution < -0.4 is 5.32 Å². The van der Waals surface area contributed by atoms with Crippen LogP contribution in [0.2, 0.25) is 0 Å². The van der Waals surface area contributed by atoms with Gasteiger partial charge in [-0.2, -0.15) is 0 Å². The smallest absolute Gasteiger partial charge is 0.255 e. The molecule has 19 heavy (non-hydrogen) atoms. The van der Waals surface area contributed by atoms with Gasteiger partial charge in [0.05, 0.1) is 0 Å². The molecule has 0 bridgehead atoms. The summed E-state index contributed by atoms with van der Waals surface area (Å²) in [7, 11) is 0. The molecule has 0 aliphatic carbocycles. The fourth-order valence-electron chi connectivity index (χ4n) is 1.75. The van der Waals surface area contributed by atoms with E-state index in [9.17, 15) is 9.18 Å². The van der Waals surface area contributed by atoms with Gasteiger partial charge in [0.1, 0.15) is 5.82 Å². The number of rotatable bonds is 2. The third-order valence-electron chi connectivity index (χ3n) is 2.73. The van der Waals surface area contributed by atoms with E-state index >= 15 is 0 Å². The van der Waals surface area contributed by atoms with E-state index in [4.69, 9.17) is 0 Å². The molecule has 0 fully saturated rings. The van der Waals surface area contributed by atoms with Crippen molar-refractivity contribution in [3.05, 3.63) is 63.4 Å². The predicted molar refractivity (Wildman–Crippen MR) is 78.0 cm³/mol. The van der Waals surface area contributed by atoms with Crippen LogP contribution in [0.25, 0.3) is 0 Å². The van der Waals surface area contributed by atoms with Crippen molar-refractivity contribution in [1.29, 1.82) is 0 Å². The minimum atomic E-state index is -0.377. The van der Waals surface area contributed by atoms with Crippen LogP contribution >= 0.6 is 15.9 Å². The van der Waals surface area contributed by atoms with E-state index in [0.29, 0.717) is 16.8 Å². The van der Waals surface area contributed by atoms with Crippen LogP contribution in [-0.4, -0.2) is 5.91 Å². The van der Waals surface area contributed by atoms with E-state index in [1.807, 2.05) is 19.1 Å². The van der Waals surface area contributed by atoms with Crippen molar-refractivity contribution in [2.75, 3.05) is 5.32 Å². The van der Waals surface area contributed by atoms with Crippen LogP contribution in [0.15, 0.2) is 40.9 Å². The number of benzene rings is 2. The Labute approximate surface area is 119 Å². The van der Waals surface area contributed by atoms with Gasteiger partial charge in [-0.15, -0.1) is 0 Å². The van der Waals surface area contributed by atoms with Crippen molar-refractivity contribution in [2.24, 2.45) is 0 Å². The molecule has 0 aliphatic rings. The van der Waals surface area contributed by atoms with E-state index < -0.39 is 0 Å². The van der Waals surface area contributed by atoms with E-state index in [-0.39, 0.29) is 11.7 Å². The molecule has 0 heterocycles. The molecular weight excluding hydrogens is 309 g/mol. The Hall–Kier alpha value is -1.68. The quantitative estimate of drug-likeness (QED) is 0.869. The molecule has 2 aromatic rings. The first kappa shape index (κ1) is 13.7. The lowest BCUT2D eigenvalue weighted by atomic mass is 10.1. The highest BCUT2D eigenvalue weighted by Crippen LogP contribution is 2.20. The zero-order valence-electron chi connectivity index (χ0n) is 10.6. The summed E-state index contributed by atoms with van der Waals surface area (Å²) in [5.41, 5.74) is 2.54. The van der Waals surface area contributed by atoms with E-state index in [1.54, 1.807) is 25.1 Å². The fourth-order valence-corrected chi connectivity index (χ4v) is 2.35. The van der Waals surface area contributed by atoms with Gasteiger partial charge in [0.25, 0.3) is 5.91 Å². The second-order valence-corrected chi connectivity index (χ2v) is 5.35. The molecule has 0 radical (unpaired) electrons. The fraction of sp³-hybridized carbons (Fsp3) is 0.133. The molecule has 1 N–H and O–H groups in total. The highest BCUT2D eigenvalue weighted by atomic mass is 79.9. The first-order valence-corrected chi connectivity index (χ1v) is 6.60. The maximum atomic E-state index is 13.4. The van der Waals surface area contributed by atoms with Crippen molar-refractivity contribution in [3.8, 4) is 0 Å². The predicted octanol–water partition coefficient (Wildman–Crippen LogP) is 4.46. The van der Waals surface area contributed by atoms with Crippen molar-refractivity contribution < 1.29 is 9.18 Å². The van der Waals surface area contributed by atoms with Crippen LogP contribution in [0.4, 0.5) is 10.1 Å². The molecule has 0 saturated heterocycles. The number of halogens is 2. The third-order valence-corrected chi connectivity index (χ3v) is 3.19. The van der Waals surface area contributed by atoms with Gasteiger partial charge in [-0.1, -0.05) is 22.0 Å². The van der Waals surface area contributed by atoms with Crippen LogP contribution in [0, 0.1) is 19.7 Å². The summed E-state index contributed by atoms with van der Waals surface area (Å²) in [6.45, 7) is 3.60. The van der Waals surface area contributed by atoms with E-state index in [0.717, 1.165) is 10.0 Å². The van der Waals surface area contributed by atoms with Gasteiger partial charge in [-0.25, -0.2) is 4.39 Å². The van der Waals surface area contributed by atoms with E-state index in [1.165, 1.54) is 6.07 Å². The average molecular weight is 322 g/mol. The summed E-state index contributed by atoms with van der Waals surface area (Å²) in [4.78, 5) is 12.0. The molecule has 0 aliphatic heterocycles. The van der Waals surface area contributed by atoms with E-state index in [2.05, 4.69) is 21.2 Å². The molecule has 2 nitrogen and oxygen atoms in total. The molecule has 0 aromatic heterocycles. The molecular formula is C15H13BrFNO. The van der Waals surface area contributed by atoms with Crippen molar-refractivity contribution in [1.82, 2.24) is 0 Å². The lowest BCUT2D eigenvalue weighted by Crippen LogP contribution is -2.12. The molecule has 0 unspecified atom stereocenters. The number of carbonyl (C=O) groups is 1. The molecule has 1 amide bonds. The summed E-state index contributed by atoms with van der Waals surface area (Å²) in [5.74, 6) is -0.700. The average Bonchev–Trinajstić information content (AvgIpc) is 2.31. The number of nitrogens with one attached hydrogen (secondary N) is 1. The lowest BCUT2D eigenvalue weighted by Gasteiger charge is -2.07. The highest BCUT2D eigenvalue weighted by molar-refractivity contribution is 9.10. The molecule has 4 heteroatoms. The van der Waals surface area contributed by atoms with Gasteiger partial charge >= 0.3 is 0 Å². The SMILES string of the molecule is Cc1cc(Br)cc(NC(=O)c2ccc(C)c(F)c2)c1. The standard InChI is InChI=1S/C15H13BrFNO/c1-9-5-12(16)8-13(6-9)18-15(19)11-4-3-10(2)14(17)7-11/h3-8H,1-2H3,(H,18,19). The summed E-state index contributed by atoms with van der Waals surface area (Å²) in [6, 6.07) is 10.0. The summed E-state index contributed by atoms with van der Waals surface area (Å²) >= 11 is 3.37. The molecule has 2 aromatic carbocycles. The second-order valence-electron chi connectivity index (χ2n) is 4.44. The number of anilines is 1. The topological polar surface area (TPSA) is 29.1 Å². The third kappa shape index (κ3) is 3.41. The van der Waals surface area contributed by atoms with Gasteiger partial charge in [0, 0.05) is 15.7 Å². The zero-order chi connectivity index (χ0) is 14.0. The number of amides is 1. The van der Waals surface area contributed by atoms with Crippen LogP contribution in [0.5, 0.6) is 0 Å². The van der Waals surface area contributed by atoms with Crippen LogP contribution in [0.1, 0.15) is 21.5 Å². The molecule has 2 rings (SSSR count). The molecule has 0 atom stereocenters. The number of carbonyl (C=O) groups excluding carboxylic acids is 1. The van der Waals surface area contributed by atoms with Crippen LogP contribution in [-0.2, 0) is 0 Å². The first-order valence-electron chi connectivity index (χ1n) is 5.80. The van der Waals surface area contributed by atoms with Gasteiger partial charge in [-0.3, -0.25) is 4.79 Å². The molecule has 0 spiro atoms. The Morgan fingerprint density at radius 2 is 1.89 bits per heavy atom. The summed E-state index contributed by atoms with van der Waals surface area (Å²) < 4.78 is 14.3. The minimum absolute atomic E-state index is 0.306. The van der Waals surface area contributed by atoms with Crippen molar-refractivity contribution in [2.45, 2.75) is 13.8 Å². The Morgan fingerprint density at radius 1 is 1.16 bits per heavy atom. The lowest BCUT2D eigenvalue weighted by molar-refractivity contribution is 0.102. The van der Waals surface area contributed by atoms with Crippen LogP contribution in [0.3, 0.4) is 0 Å². The van der Waals surface area contributed by atoms with Crippen molar-refractivity contribution in [3.63, 3.8) is 0 Å². The summed E-state index contributed by atoms with van der Waals surface area (Å²) in [5, 5.41) is 2.75. The first-order chi connectivity index (χ1) is 8.95. The van der Waals surface area contributed by atoms with Gasteiger partial charge in [0.2, 0.25) is 0 Å². The Bertz CT molecular complexity index is 620. The summed E-state index contributed by atoms with van der Waals surface area (Å²) in [6.07, 6.45) is 0. The van der Waals surface area contributed by atoms with Crippen molar-refractivity contribution >= 4 is 27.5 Å². The highest BCUT2D eigenvalue weighted by Gasteiger charge is 2.09. The Kier molecular flexibility index (Phi) is 4.00. The van der Waals surface area contributed by atoms with Gasteiger partial charge in [-0.05, 0) is 55.3 Å². The Morgan fingerprint density at radius 3 is 2.53 bits per heavy atom. The molecule has 98 valence electrons. The van der Waals surface area contributed by atoms with Gasteiger partial charge in [0.15, 0.2) is 0 Å². The Balaban J connectivity index is 2.22. The number of hydrogen-bond donors (Lipinski definition) is 1. The minimum Gasteiger partial charge on any atom is -0.322 e. The molecule has 0 saturated carbocycles. The zero-order valence-corrected chi connectivity index (χ0v) is 12.2. The largest absolute Gasteiger partial charge is 0.322 e. The second kappa shape index (κ2) is 5.53. The monoisotopic (exact) mass is 321 g/mol. The normalized spacial score (nSPS) is 10.3.